The van der Waals surface area contributed by atoms with Crippen molar-refractivity contribution < 1.29 is 19.5 Å². The van der Waals surface area contributed by atoms with Crippen molar-refractivity contribution in [2.75, 3.05) is 36.6 Å². The molecule has 1 aliphatic heterocycles. The quantitative estimate of drug-likeness (QED) is 0.0254. The average molecular weight is 688 g/mol. The van der Waals surface area contributed by atoms with Crippen LogP contribution in [0.15, 0.2) is 47.7 Å². The number of rotatable bonds is 12. The lowest BCUT2D eigenvalue weighted by molar-refractivity contribution is -0.109. The van der Waals surface area contributed by atoms with Crippen molar-refractivity contribution in [3.05, 3.63) is 76.1 Å². The van der Waals surface area contributed by atoms with Crippen LogP contribution in [0.25, 0.3) is 11.2 Å². The minimum atomic E-state index is -0.722. The van der Waals surface area contributed by atoms with Gasteiger partial charge >= 0.3 is 0 Å². The van der Waals surface area contributed by atoms with Crippen LogP contribution in [0.5, 0.6) is 0 Å². The zero-order valence-corrected chi connectivity index (χ0v) is 28.6. The summed E-state index contributed by atoms with van der Waals surface area (Å²) in [6, 6.07) is 9.91. The number of nitrogens with one attached hydrogen (secondary N) is 3. The minimum Gasteiger partial charge on any atom is -0.400 e. The smallest absolute Gasteiger partial charge is 0.252 e. The number of anilines is 3. The van der Waals surface area contributed by atoms with E-state index in [0.717, 1.165) is 36.9 Å². The molecule has 2 aromatic carbocycles. The Morgan fingerprint density at radius 1 is 1.06 bits per heavy atom. The van der Waals surface area contributed by atoms with Crippen LogP contribution in [0, 0.1) is 6.92 Å². The summed E-state index contributed by atoms with van der Waals surface area (Å²) < 4.78 is 0. The number of nitrogen functional groups attached to an aromatic ring is 2. The molecule has 3 heterocycles. The van der Waals surface area contributed by atoms with E-state index in [-0.39, 0.29) is 36.0 Å². The third-order valence-electron chi connectivity index (χ3n) is 7.53. The van der Waals surface area contributed by atoms with Gasteiger partial charge in [-0.2, -0.15) is 9.97 Å². The Labute approximate surface area is 289 Å². The molecule has 0 fully saturated rings. The predicted octanol–water partition coefficient (Wildman–Crippen LogP) is 0.681. The second kappa shape index (κ2) is 18.6. The highest BCUT2D eigenvalue weighted by molar-refractivity contribution is 6.08. The van der Waals surface area contributed by atoms with Crippen molar-refractivity contribution >= 4 is 52.6 Å². The maximum atomic E-state index is 13.0. The summed E-state index contributed by atoms with van der Waals surface area (Å²) in [7, 11) is 1.00. The topological polar surface area (TPSA) is 279 Å². The van der Waals surface area contributed by atoms with Crippen LogP contribution >= 0.6 is 0 Å². The number of aldehydes is 1. The summed E-state index contributed by atoms with van der Waals surface area (Å²) in [6.07, 6.45) is 3.85. The van der Waals surface area contributed by atoms with Gasteiger partial charge in [0, 0.05) is 37.0 Å². The van der Waals surface area contributed by atoms with Crippen molar-refractivity contribution in [2.24, 2.45) is 16.7 Å². The molecular weight excluding hydrogens is 642 g/mol. The van der Waals surface area contributed by atoms with E-state index in [1.54, 1.807) is 30.5 Å². The van der Waals surface area contributed by atoms with Gasteiger partial charge in [-0.05, 0) is 62.1 Å². The molecule has 0 radical (unpaired) electrons. The number of hydrogen-bond donors (Lipinski definition) is 8. The molecule has 5 rings (SSSR count). The van der Waals surface area contributed by atoms with E-state index in [1.165, 1.54) is 0 Å². The largest absolute Gasteiger partial charge is 0.400 e. The van der Waals surface area contributed by atoms with E-state index in [1.807, 2.05) is 32.9 Å². The summed E-state index contributed by atoms with van der Waals surface area (Å²) >= 11 is 0. The first-order chi connectivity index (χ1) is 24.2. The highest BCUT2D eigenvalue weighted by atomic mass is 16.2. The molecule has 0 saturated carbocycles. The maximum Gasteiger partial charge on any atom is 0.252 e. The Balaban J connectivity index is 0.00000163. The maximum absolute atomic E-state index is 13.0. The summed E-state index contributed by atoms with van der Waals surface area (Å²) in [6.45, 7) is 7.35. The number of amides is 2. The molecule has 0 spiro atoms. The molecule has 1 unspecified atom stereocenters. The number of aromatic nitrogens is 4. The molecule has 17 heteroatoms. The van der Waals surface area contributed by atoms with Gasteiger partial charge in [0.1, 0.15) is 6.29 Å². The number of hydrazone groups is 1. The fraction of sp³-hybridized carbons (Fsp3) is 0.333. The Morgan fingerprint density at radius 3 is 2.54 bits per heavy atom. The van der Waals surface area contributed by atoms with Gasteiger partial charge in [-0.15, -0.1) is 5.10 Å². The highest BCUT2D eigenvalue weighted by Gasteiger charge is 2.23. The van der Waals surface area contributed by atoms with Crippen LogP contribution < -0.4 is 44.1 Å². The Bertz CT molecular complexity index is 1830. The molecule has 17 nitrogen and oxygen atoms in total. The monoisotopic (exact) mass is 687 g/mol. The first-order valence-corrected chi connectivity index (χ1v) is 16.0. The third kappa shape index (κ3) is 9.57. The number of benzene rings is 2. The van der Waals surface area contributed by atoms with Gasteiger partial charge in [0.2, 0.25) is 5.95 Å². The third-order valence-corrected chi connectivity index (χ3v) is 7.53. The lowest BCUT2D eigenvalue weighted by atomic mass is 10.0. The summed E-state index contributed by atoms with van der Waals surface area (Å²) in [5, 5.41) is 16.4. The molecular formula is C33H45N13O4. The molecule has 4 aromatic rings. The van der Waals surface area contributed by atoms with Gasteiger partial charge in [-0.3, -0.25) is 9.59 Å². The number of carbonyl (C=O) groups excluding carboxylic acids is 3. The van der Waals surface area contributed by atoms with Crippen molar-refractivity contribution in [1.29, 1.82) is 0 Å². The number of aliphatic hydroxyl groups excluding tert-OH is 1. The first kappa shape index (κ1) is 38.5. The van der Waals surface area contributed by atoms with Gasteiger partial charge in [-0.1, -0.05) is 25.5 Å². The second-order valence-corrected chi connectivity index (χ2v) is 10.8. The standard InChI is InChI=1S/C30H35N13O3.C2H6.CH4O/c1-16-4-6-21(22(11-16)25(31)41-42-34)29(46)35-9-2-3-19(15-44)38-28(45)18-5-7-23-17(12-18)8-10-43(23)14-20-13-36-27-24(37-20)26(32)39-30(33)40-27;2*1-2/h4-7,11-13,15,19,42H,2-3,8-10,14,34H2,1H3,(H2,31,41)(H,35,46)(H,38,45)(H4,32,33,36,39,40);1-2H3;2H,1H3. The van der Waals surface area contributed by atoms with E-state index in [4.69, 9.17) is 28.2 Å². The molecule has 1 aliphatic rings. The SMILES string of the molecule is CC.CO.Cc1ccc(C(=O)NCCCC(C=O)NC(=O)c2ccc3c(c2)CCN3Cc2cnc3nc(N)nc(N)c3n2)c(/C(N)=N/NN)c1. The zero-order chi connectivity index (χ0) is 36.8. The molecule has 1 atom stereocenters. The van der Waals surface area contributed by atoms with Crippen molar-refractivity contribution in [3.63, 3.8) is 0 Å². The molecule has 50 heavy (non-hydrogen) atoms. The number of nitrogens with two attached hydrogens (primary N) is 4. The molecule has 266 valence electrons. The van der Waals surface area contributed by atoms with Crippen molar-refractivity contribution in [2.45, 2.75) is 52.6 Å². The van der Waals surface area contributed by atoms with Gasteiger partial charge in [0.15, 0.2) is 22.8 Å². The predicted molar refractivity (Wildman–Crippen MR) is 193 cm³/mol. The highest BCUT2D eigenvalue weighted by Crippen LogP contribution is 2.30. The van der Waals surface area contributed by atoms with E-state index in [2.05, 4.69) is 46.1 Å². The second-order valence-electron chi connectivity index (χ2n) is 10.8. The van der Waals surface area contributed by atoms with Gasteiger partial charge in [0.25, 0.3) is 11.8 Å². The van der Waals surface area contributed by atoms with Crippen molar-refractivity contribution in [3.8, 4) is 0 Å². The molecule has 2 amide bonds. The van der Waals surface area contributed by atoms with E-state index in [9.17, 15) is 14.4 Å². The number of fused-ring (bicyclic) bond motifs is 2. The number of hydrogen-bond acceptors (Lipinski definition) is 14. The summed E-state index contributed by atoms with van der Waals surface area (Å²) in [4.78, 5) is 56.7. The zero-order valence-electron chi connectivity index (χ0n) is 28.6. The number of aryl methyl sites for hydroxylation is 1. The number of carbonyl (C=O) groups is 3. The number of aliphatic hydroxyl groups is 1. The van der Waals surface area contributed by atoms with Gasteiger partial charge < -0.3 is 42.6 Å². The minimum absolute atomic E-state index is 0.0379. The van der Waals surface area contributed by atoms with Crippen molar-refractivity contribution in [1.82, 2.24) is 36.1 Å². The van der Waals surface area contributed by atoms with Gasteiger partial charge in [-0.25, -0.2) is 21.3 Å². The van der Waals surface area contributed by atoms with E-state index < -0.39 is 6.04 Å². The first-order valence-electron chi connectivity index (χ1n) is 16.0. The van der Waals surface area contributed by atoms with Crippen LogP contribution in [0.2, 0.25) is 0 Å². The Hall–Kier alpha value is -5.94. The molecule has 0 aliphatic carbocycles. The number of hydrazine groups is 1. The number of amidine groups is 1. The average Bonchev–Trinajstić information content (AvgIpc) is 3.53. The van der Waals surface area contributed by atoms with Crippen LogP contribution in [-0.4, -0.2) is 75.2 Å². The molecule has 0 saturated heterocycles. The summed E-state index contributed by atoms with van der Waals surface area (Å²) in [5.74, 6) is 4.80. The normalized spacial score (nSPS) is 12.4. The molecule has 2 aromatic heterocycles. The lowest BCUT2D eigenvalue weighted by Gasteiger charge is -2.19. The van der Waals surface area contributed by atoms with Crippen LogP contribution in [0.1, 0.15) is 69.8 Å². The Morgan fingerprint density at radius 2 is 1.82 bits per heavy atom. The fourth-order valence-electron chi connectivity index (χ4n) is 5.27. The van der Waals surface area contributed by atoms with Crippen LogP contribution in [0.4, 0.5) is 17.5 Å². The lowest BCUT2D eigenvalue weighted by Crippen LogP contribution is -2.37. The Kier molecular flexibility index (Phi) is 14.3. The van der Waals surface area contributed by atoms with E-state index in [0.29, 0.717) is 59.2 Å². The molecule has 12 N–H and O–H groups in total. The number of nitrogens with zero attached hydrogens (tertiary/aromatic N) is 6. The van der Waals surface area contributed by atoms with Crippen LogP contribution in [0.3, 0.4) is 0 Å². The summed E-state index contributed by atoms with van der Waals surface area (Å²) in [5.41, 5.74) is 25.2. The fourth-order valence-corrected chi connectivity index (χ4v) is 5.27. The molecule has 0 bridgehead atoms. The van der Waals surface area contributed by atoms with E-state index >= 15 is 0 Å². The van der Waals surface area contributed by atoms with Crippen LogP contribution in [-0.2, 0) is 17.8 Å². The van der Waals surface area contributed by atoms with Gasteiger partial charge in [0.05, 0.1) is 30.0 Å².